The molecule has 21 heavy (non-hydrogen) atoms. The van der Waals surface area contributed by atoms with E-state index in [1.807, 2.05) is 0 Å². The molecule has 0 amide bonds. The van der Waals surface area contributed by atoms with Crippen LogP contribution in [0.2, 0.25) is 0 Å². The monoisotopic (exact) mass is 296 g/mol. The third-order valence-corrected chi connectivity index (χ3v) is 4.62. The van der Waals surface area contributed by atoms with E-state index in [4.69, 9.17) is 0 Å². The SMILES string of the molecule is C=CC(CCCCCCCCCCCCCC)[N+](C)(C)C. The van der Waals surface area contributed by atoms with E-state index in [0.717, 1.165) is 4.48 Å². The number of nitrogens with zero attached hydrogens (tertiary/aromatic N) is 1. The molecule has 0 heterocycles. The van der Waals surface area contributed by atoms with Crippen LogP contribution in [0.25, 0.3) is 0 Å². The summed E-state index contributed by atoms with van der Waals surface area (Å²) in [6.45, 7) is 6.28. The van der Waals surface area contributed by atoms with Gasteiger partial charge in [-0.3, -0.25) is 0 Å². The summed E-state index contributed by atoms with van der Waals surface area (Å²) in [7, 11) is 6.81. The molecule has 0 aromatic carbocycles. The molecule has 0 aromatic heterocycles. The van der Waals surface area contributed by atoms with E-state index in [1.165, 1.54) is 83.5 Å². The van der Waals surface area contributed by atoms with Gasteiger partial charge in [0.1, 0.15) is 6.04 Å². The molecule has 0 spiro atoms. The maximum Gasteiger partial charge on any atom is 0.107 e. The molecule has 1 heteroatoms. The first kappa shape index (κ1) is 20.7. The predicted octanol–water partition coefficient (Wildman–Crippen LogP) is 6.34. The summed E-state index contributed by atoms with van der Waals surface area (Å²) in [6, 6.07) is 0.619. The van der Waals surface area contributed by atoms with Gasteiger partial charge in [0.2, 0.25) is 0 Å². The lowest BCUT2D eigenvalue weighted by molar-refractivity contribution is -0.889. The first-order valence-electron chi connectivity index (χ1n) is 9.46. The minimum Gasteiger partial charge on any atom is -0.325 e. The maximum atomic E-state index is 3.99. The van der Waals surface area contributed by atoms with Gasteiger partial charge in [-0.05, 0) is 12.5 Å². The third kappa shape index (κ3) is 13.1. The Balaban J connectivity index is 3.27. The Labute approximate surface area is 135 Å². The number of hydrogen-bond acceptors (Lipinski definition) is 0. The van der Waals surface area contributed by atoms with E-state index in [-0.39, 0.29) is 0 Å². The van der Waals surface area contributed by atoms with Crippen LogP contribution in [-0.4, -0.2) is 31.7 Å². The van der Waals surface area contributed by atoms with Crippen molar-refractivity contribution in [3.63, 3.8) is 0 Å². The average Bonchev–Trinajstić information content (AvgIpc) is 2.42. The molecule has 0 saturated carbocycles. The van der Waals surface area contributed by atoms with Gasteiger partial charge in [0.05, 0.1) is 21.1 Å². The molecule has 0 aliphatic carbocycles. The molecule has 0 fully saturated rings. The summed E-state index contributed by atoms with van der Waals surface area (Å²) in [4.78, 5) is 0. The van der Waals surface area contributed by atoms with Crippen molar-refractivity contribution < 1.29 is 4.48 Å². The highest BCUT2D eigenvalue weighted by atomic mass is 15.3. The van der Waals surface area contributed by atoms with Crippen molar-refractivity contribution in [1.29, 1.82) is 0 Å². The minimum absolute atomic E-state index is 0.619. The van der Waals surface area contributed by atoms with Crippen molar-refractivity contribution in [2.45, 2.75) is 96.4 Å². The number of unbranched alkanes of at least 4 members (excludes halogenated alkanes) is 11. The summed E-state index contributed by atoms with van der Waals surface area (Å²) in [5.41, 5.74) is 0. The fraction of sp³-hybridized carbons (Fsp3) is 0.900. The van der Waals surface area contributed by atoms with Crippen LogP contribution in [0.15, 0.2) is 12.7 Å². The lowest BCUT2D eigenvalue weighted by Crippen LogP contribution is -2.43. The molecule has 0 radical (unpaired) electrons. The minimum atomic E-state index is 0.619. The number of hydrogen-bond donors (Lipinski definition) is 0. The summed E-state index contributed by atoms with van der Waals surface area (Å²) in [6.07, 6.45) is 20.6. The van der Waals surface area contributed by atoms with E-state index in [0.29, 0.717) is 6.04 Å². The third-order valence-electron chi connectivity index (χ3n) is 4.62. The molecular weight excluding hydrogens is 254 g/mol. The highest BCUT2D eigenvalue weighted by Crippen LogP contribution is 2.16. The van der Waals surface area contributed by atoms with Crippen LogP contribution in [0, 0.1) is 0 Å². The van der Waals surface area contributed by atoms with Gasteiger partial charge in [0.25, 0.3) is 0 Å². The van der Waals surface area contributed by atoms with Crippen LogP contribution in [0.3, 0.4) is 0 Å². The van der Waals surface area contributed by atoms with Crippen LogP contribution in [0.1, 0.15) is 90.4 Å². The van der Waals surface area contributed by atoms with Crippen LogP contribution in [0.4, 0.5) is 0 Å². The van der Waals surface area contributed by atoms with Gasteiger partial charge in [-0.25, -0.2) is 0 Å². The Hall–Kier alpha value is -0.300. The Bertz CT molecular complexity index is 226. The van der Waals surface area contributed by atoms with Crippen LogP contribution >= 0.6 is 0 Å². The molecule has 0 aromatic rings. The molecule has 0 saturated heterocycles. The molecule has 1 nitrogen and oxygen atoms in total. The predicted molar refractivity (Wildman–Crippen MR) is 97.7 cm³/mol. The summed E-state index contributed by atoms with van der Waals surface area (Å²) >= 11 is 0. The molecule has 0 rings (SSSR count). The van der Waals surface area contributed by atoms with E-state index in [1.54, 1.807) is 0 Å². The second kappa shape index (κ2) is 13.4. The molecular formula is C20H42N+. The van der Waals surface area contributed by atoms with E-state index in [9.17, 15) is 0 Å². The molecule has 1 atom stereocenters. The Morgan fingerprint density at radius 3 is 1.43 bits per heavy atom. The molecule has 126 valence electrons. The highest BCUT2D eigenvalue weighted by molar-refractivity contribution is 4.79. The van der Waals surface area contributed by atoms with E-state index >= 15 is 0 Å². The van der Waals surface area contributed by atoms with Crippen LogP contribution in [0.5, 0.6) is 0 Å². The van der Waals surface area contributed by atoms with Gasteiger partial charge < -0.3 is 4.48 Å². The highest BCUT2D eigenvalue weighted by Gasteiger charge is 2.18. The van der Waals surface area contributed by atoms with Gasteiger partial charge in [-0.2, -0.15) is 0 Å². The second-order valence-electron chi connectivity index (χ2n) is 7.60. The van der Waals surface area contributed by atoms with Gasteiger partial charge >= 0.3 is 0 Å². The standard InChI is InChI=1S/C20H42N/c1-6-8-9-10-11-12-13-14-15-16-17-18-19-20(7-2)21(3,4)5/h7,20H,2,6,8-19H2,1,3-5H3/q+1. The van der Waals surface area contributed by atoms with Crippen molar-refractivity contribution in [1.82, 2.24) is 0 Å². The second-order valence-corrected chi connectivity index (χ2v) is 7.60. The maximum absolute atomic E-state index is 3.99. The van der Waals surface area contributed by atoms with Gasteiger partial charge in [-0.15, -0.1) is 0 Å². The molecule has 0 N–H and O–H groups in total. The Kier molecular flexibility index (Phi) is 13.2. The van der Waals surface area contributed by atoms with E-state index < -0.39 is 0 Å². The van der Waals surface area contributed by atoms with Gasteiger partial charge in [0.15, 0.2) is 0 Å². The average molecular weight is 297 g/mol. The summed E-state index contributed by atoms with van der Waals surface area (Å²) < 4.78 is 1.02. The zero-order valence-electron chi connectivity index (χ0n) is 15.5. The normalized spacial score (nSPS) is 13.3. The number of quaternary nitrogens is 1. The Morgan fingerprint density at radius 1 is 0.714 bits per heavy atom. The van der Waals surface area contributed by atoms with Crippen molar-refractivity contribution in [3.8, 4) is 0 Å². The van der Waals surface area contributed by atoms with Crippen molar-refractivity contribution in [2.75, 3.05) is 21.1 Å². The van der Waals surface area contributed by atoms with Crippen LogP contribution in [-0.2, 0) is 0 Å². The van der Waals surface area contributed by atoms with E-state index in [2.05, 4.69) is 40.7 Å². The van der Waals surface area contributed by atoms with Gasteiger partial charge in [-0.1, -0.05) is 84.1 Å². The molecule has 0 aliphatic heterocycles. The molecule has 0 bridgehead atoms. The van der Waals surface area contributed by atoms with Gasteiger partial charge in [0, 0.05) is 6.42 Å². The first-order valence-corrected chi connectivity index (χ1v) is 9.46. The summed E-state index contributed by atoms with van der Waals surface area (Å²) in [5.74, 6) is 0. The smallest absolute Gasteiger partial charge is 0.107 e. The van der Waals surface area contributed by atoms with Crippen molar-refractivity contribution in [2.24, 2.45) is 0 Å². The first-order chi connectivity index (χ1) is 10.0. The van der Waals surface area contributed by atoms with Crippen molar-refractivity contribution >= 4 is 0 Å². The largest absolute Gasteiger partial charge is 0.325 e. The quantitative estimate of drug-likeness (QED) is 0.188. The van der Waals surface area contributed by atoms with Crippen LogP contribution < -0.4 is 0 Å². The zero-order chi connectivity index (χ0) is 16.0. The lowest BCUT2D eigenvalue weighted by atomic mass is 10.0. The fourth-order valence-corrected chi connectivity index (χ4v) is 3.02. The molecule has 1 unspecified atom stereocenters. The number of rotatable bonds is 15. The van der Waals surface area contributed by atoms with Crippen molar-refractivity contribution in [3.05, 3.63) is 12.7 Å². The topological polar surface area (TPSA) is 0 Å². The zero-order valence-corrected chi connectivity index (χ0v) is 15.5. The molecule has 0 aliphatic rings. The Morgan fingerprint density at radius 2 is 1.10 bits per heavy atom. The number of likely N-dealkylation sites (N-methyl/N-ethyl adjacent to an activating group) is 1. The summed E-state index contributed by atoms with van der Waals surface area (Å²) in [5, 5.41) is 0. The fourth-order valence-electron chi connectivity index (χ4n) is 3.02. The lowest BCUT2D eigenvalue weighted by Gasteiger charge is -2.32.